The van der Waals surface area contributed by atoms with Crippen LogP contribution in [0.5, 0.6) is 0 Å². The highest BCUT2D eigenvalue weighted by Gasteiger charge is 2.99. The first-order valence-electron chi connectivity index (χ1n) is 6.95. The van der Waals surface area contributed by atoms with Gasteiger partial charge in [0.1, 0.15) is 19.5 Å². The number of hydrogen-bond donors (Lipinski definition) is 0. The monoisotopic (exact) mass is 396 g/mol. The molecule has 4 aliphatic rings. The first kappa shape index (κ1) is 16.4. The van der Waals surface area contributed by atoms with E-state index in [1.165, 1.54) is 26.4 Å². The molecule has 0 heterocycles. The summed E-state index contributed by atoms with van der Waals surface area (Å²) < 4.78 is 11.1. The molecule has 0 aromatic heterocycles. The number of fused-ring (bicyclic) bond motifs is 8. The molecule has 2 bridgehead atoms. The molecule has 8 heteroatoms. The van der Waals surface area contributed by atoms with Crippen LogP contribution in [-0.2, 0) is 19.1 Å². The molecule has 4 nitrogen and oxygen atoms in total. The second-order valence-electron chi connectivity index (χ2n) is 6.30. The summed E-state index contributed by atoms with van der Waals surface area (Å²) in [5, 5.41) is 0. The van der Waals surface area contributed by atoms with Gasteiger partial charge in [-0.05, 0) is 12.2 Å². The van der Waals surface area contributed by atoms with Crippen molar-refractivity contribution in [1.82, 2.24) is 0 Å². The lowest BCUT2D eigenvalue weighted by Gasteiger charge is -2.64. The van der Waals surface area contributed by atoms with Crippen molar-refractivity contribution < 1.29 is 19.1 Å². The maximum absolute atomic E-state index is 12.4. The number of carbonyl (C=O) groups is 2. The van der Waals surface area contributed by atoms with E-state index in [1.54, 1.807) is 12.2 Å². The quantitative estimate of drug-likeness (QED) is 0.408. The standard InChI is InChI=1S/C15H12Cl4O4/c1-22-15(23-2)11(16)5-6-12(15,17)14(19)10-8(21)4-3-7(20)9(10)13(11,14)18/h3-6,9-10H,1-2H3/t9-,10+,11+,12-,13-,14+. The Bertz CT molecular complexity index is 662. The molecule has 0 spiro atoms. The van der Waals surface area contributed by atoms with Crippen molar-refractivity contribution in [2.24, 2.45) is 11.8 Å². The number of ether oxygens (including phenoxy) is 2. The van der Waals surface area contributed by atoms with Crippen LogP contribution >= 0.6 is 46.4 Å². The number of hydrogen-bond acceptors (Lipinski definition) is 4. The van der Waals surface area contributed by atoms with Crippen LogP contribution in [0, 0.1) is 11.8 Å². The number of ketones is 2. The molecule has 0 amide bonds. The molecule has 0 N–H and O–H groups in total. The molecule has 0 aromatic carbocycles. The van der Waals surface area contributed by atoms with Gasteiger partial charge >= 0.3 is 0 Å². The third-order valence-corrected chi connectivity index (χ3v) is 9.18. The number of halogens is 4. The van der Waals surface area contributed by atoms with Crippen LogP contribution in [0.3, 0.4) is 0 Å². The van der Waals surface area contributed by atoms with Crippen LogP contribution in [0.4, 0.5) is 0 Å². The van der Waals surface area contributed by atoms with Crippen LogP contribution in [-0.4, -0.2) is 51.1 Å². The van der Waals surface area contributed by atoms with E-state index in [4.69, 9.17) is 55.9 Å². The highest BCUT2D eigenvalue weighted by atomic mass is 35.5. The van der Waals surface area contributed by atoms with Crippen molar-refractivity contribution in [3.05, 3.63) is 24.3 Å². The van der Waals surface area contributed by atoms with Crippen molar-refractivity contribution in [3.8, 4) is 0 Å². The Morgan fingerprint density at radius 2 is 1.17 bits per heavy atom. The lowest BCUT2D eigenvalue weighted by Crippen LogP contribution is -2.81. The predicted octanol–water partition coefficient (Wildman–Crippen LogP) is 2.42. The van der Waals surface area contributed by atoms with E-state index in [0.717, 1.165) is 0 Å². The van der Waals surface area contributed by atoms with Gasteiger partial charge in [-0.15, -0.1) is 46.4 Å². The predicted molar refractivity (Wildman–Crippen MR) is 86.4 cm³/mol. The fourth-order valence-corrected chi connectivity index (χ4v) is 7.79. The zero-order valence-corrected chi connectivity index (χ0v) is 15.1. The van der Waals surface area contributed by atoms with E-state index >= 15 is 0 Å². The molecule has 23 heavy (non-hydrogen) atoms. The van der Waals surface area contributed by atoms with Gasteiger partial charge in [-0.2, -0.15) is 0 Å². The normalized spacial score (nSPS) is 54.9. The Kier molecular flexibility index (Phi) is 2.97. The molecule has 4 aliphatic carbocycles. The summed E-state index contributed by atoms with van der Waals surface area (Å²) in [6.45, 7) is 0. The zero-order valence-electron chi connectivity index (χ0n) is 12.1. The highest BCUT2D eigenvalue weighted by Crippen LogP contribution is 2.84. The Hall–Kier alpha value is -0.100. The summed E-state index contributed by atoms with van der Waals surface area (Å²) in [5.41, 5.74) is 0. The van der Waals surface area contributed by atoms with Gasteiger partial charge in [-0.1, -0.05) is 12.2 Å². The van der Waals surface area contributed by atoms with Gasteiger partial charge in [0.05, 0.1) is 11.8 Å². The van der Waals surface area contributed by atoms with Crippen LogP contribution in [0.25, 0.3) is 0 Å². The summed E-state index contributed by atoms with van der Waals surface area (Å²) in [6.07, 6.45) is 5.55. The SMILES string of the molecule is COC1(OC)[C@]2(Cl)C=C[C@@]1(Cl)[C@@]1(Cl)[C@H]3C(=O)C=CC(=O)[C@H]3[C@]12Cl. The van der Waals surface area contributed by atoms with Crippen molar-refractivity contribution in [2.45, 2.75) is 25.3 Å². The molecule has 6 atom stereocenters. The molecule has 124 valence electrons. The van der Waals surface area contributed by atoms with E-state index < -0.39 is 37.1 Å². The van der Waals surface area contributed by atoms with E-state index in [2.05, 4.69) is 0 Å². The maximum atomic E-state index is 12.4. The van der Waals surface area contributed by atoms with Crippen molar-refractivity contribution in [2.75, 3.05) is 14.2 Å². The average molecular weight is 398 g/mol. The summed E-state index contributed by atoms with van der Waals surface area (Å²) in [4.78, 5) is 18.8. The number of alkyl halides is 4. The second-order valence-corrected chi connectivity index (χ2v) is 8.68. The molecular weight excluding hydrogens is 386 g/mol. The second kappa shape index (κ2) is 4.17. The fraction of sp³-hybridized carbons (Fsp3) is 0.600. The number of carbonyl (C=O) groups excluding carboxylic acids is 2. The van der Waals surface area contributed by atoms with Gasteiger partial charge in [0.25, 0.3) is 0 Å². The van der Waals surface area contributed by atoms with Crippen molar-refractivity contribution in [3.63, 3.8) is 0 Å². The van der Waals surface area contributed by atoms with Gasteiger partial charge in [-0.3, -0.25) is 9.59 Å². The Morgan fingerprint density at radius 3 is 1.48 bits per heavy atom. The fourth-order valence-electron chi connectivity index (χ4n) is 5.00. The van der Waals surface area contributed by atoms with E-state index in [-0.39, 0.29) is 11.6 Å². The van der Waals surface area contributed by atoms with E-state index in [1.807, 2.05) is 0 Å². The number of rotatable bonds is 2. The minimum absolute atomic E-state index is 0.303. The third kappa shape index (κ3) is 1.15. The van der Waals surface area contributed by atoms with Gasteiger partial charge in [0.2, 0.25) is 5.79 Å². The molecule has 0 aliphatic heterocycles. The average Bonchev–Trinajstić information content (AvgIpc) is 2.80. The zero-order chi connectivity index (χ0) is 17.1. The van der Waals surface area contributed by atoms with Gasteiger partial charge in [-0.25, -0.2) is 0 Å². The van der Waals surface area contributed by atoms with Gasteiger partial charge in [0, 0.05) is 14.2 Å². The van der Waals surface area contributed by atoms with E-state index in [9.17, 15) is 9.59 Å². The lowest BCUT2D eigenvalue weighted by molar-refractivity contribution is -0.217. The summed E-state index contributed by atoms with van der Waals surface area (Å²) >= 11 is 27.5. The van der Waals surface area contributed by atoms with Crippen LogP contribution in [0.1, 0.15) is 0 Å². The van der Waals surface area contributed by atoms with Crippen LogP contribution in [0.2, 0.25) is 0 Å². The van der Waals surface area contributed by atoms with Gasteiger partial charge in [0.15, 0.2) is 11.6 Å². The Morgan fingerprint density at radius 1 is 0.826 bits per heavy atom. The Labute approximate surface area is 152 Å². The van der Waals surface area contributed by atoms with E-state index in [0.29, 0.717) is 0 Å². The van der Waals surface area contributed by atoms with Crippen molar-refractivity contribution >= 4 is 58.0 Å². The van der Waals surface area contributed by atoms with Crippen LogP contribution < -0.4 is 0 Å². The lowest BCUT2D eigenvalue weighted by atomic mass is 9.48. The van der Waals surface area contributed by atoms with Crippen LogP contribution in [0.15, 0.2) is 24.3 Å². The highest BCUT2D eigenvalue weighted by molar-refractivity contribution is 6.53. The Balaban J connectivity index is 2.06. The number of methoxy groups -OCH3 is 2. The number of allylic oxidation sites excluding steroid dienone is 2. The molecular formula is C15H12Cl4O4. The first-order valence-corrected chi connectivity index (χ1v) is 8.46. The maximum Gasteiger partial charge on any atom is 0.217 e. The molecule has 0 aromatic rings. The van der Waals surface area contributed by atoms with Crippen molar-refractivity contribution in [1.29, 1.82) is 0 Å². The molecule has 0 saturated heterocycles. The summed E-state index contributed by atoms with van der Waals surface area (Å²) in [7, 11) is 2.75. The molecule has 4 rings (SSSR count). The molecule has 0 unspecified atom stereocenters. The topological polar surface area (TPSA) is 52.6 Å². The minimum Gasteiger partial charge on any atom is -0.350 e. The minimum atomic E-state index is -1.61. The largest absolute Gasteiger partial charge is 0.350 e. The summed E-state index contributed by atoms with van der Waals surface area (Å²) in [5.74, 6) is -3.98. The molecule has 2 saturated carbocycles. The molecule has 2 fully saturated rings. The molecule has 0 radical (unpaired) electrons. The third-order valence-electron chi connectivity index (χ3n) is 5.88. The van der Waals surface area contributed by atoms with Gasteiger partial charge < -0.3 is 9.47 Å². The first-order chi connectivity index (χ1) is 10.6. The smallest absolute Gasteiger partial charge is 0.217 e. The summed E-state index contributed by atoms with van der Waals surface area (Å²) in [6, 6.07) is 0.